The fourth-order valence-electron chi connectivity index (χ4n) is 1.91. The number of benzene rings is 1. The minimum atomic E-state index is -0.0824. The quantitative estimate of drug-likeness (QED) is 0.732. The zero-order chi connectivity index (χ0) is 11.0. The van der Waals surface area contributed by atoms with E-state index in [2.05, 4.69) is 0 Å². The second kappa shape index (κ2) is 3.86. The first-order chi connectivity index (χ1) is 7.13. The predicted molar refractivity (Wildman–Crippen MR) is 59.7 cm³/mol. The van der Waals surface area contributed by atoms with Gasteiger partial charge in [0, 0.05) is 5.02 Å². The van der Waals surface area contributed by atoms with Gasteiger partial charge in [0.2, 0.25) is 0 Å². The summed E-state index contributed by atoms with van der Waals surface area (Å²) >= 11 is 5.85. The van der Waals surface area contributed by atoms with E-state index in [-0.39, 0.29) is 17.8 Å². The molecular weight excluding hydrogens is 212 g/mol. The minimum absolute atomic E-state index is 0.00817. The number of rotatable bonds is 1. The molecule has 2 atom stereocenters. The first-order valence-electron chi connectivity index (χ1n) is 5.14. The van der Waals surface area contributed by atoms with E-state index in [1.165, 1.54) is 0 Å². The highest BCUT2D eigenvalue weighted by Crippen LogP contribution is 2.33. The minimum Gasteiger partial charge on any atom is -0.489 e. The van der Waals surface area contributed by atoms with Crippen molar-refractivity contribution >= 4 is 17.4 Å². The topological polar surface area (TPSA) is 26.3 Å². The third kappa shape index (κ3) is 1.74. The maximum Gasteiger partial charge on any atom is 0.173 e. The van der Waals surface area contributed by atoms with Gasteiger partial charge in [-0.1, -0.05) is 25.4 Å². The van der Waals surface area contributed by atoms with Gasteiger partial charge < -0.3 is 4.74 Å². The lowest BCUT2D eigenvalue weighted by atomic mass is 9.89. The molecule has 2 nitrogen and oxygen atoms in total. The van der Waals surface area contributed by atoms with Crippen LogP contribution in [0.25, 0.3) is 0 Å². The second-order valence-electron chi connectivity index (χ2n) is 3.86. The lowest BCUT2D eigenvalue weighted by molar-refractivity contribution is 0.0683. The van der Waals surface area contributed by atoms with Gasteiger partial charge in [-0.25, -0.2) is 0 Å². The molecule has 0 bridgehead atoms. The van der Waals surface area contributed by atoms with E-state index in [0.717, 1.165) is 6.42 Å². The van der Waals surface area contributed by atoms with E-state index in [1.54, 1.807) is 18.2 Å². The molecule has 0 aliphatic carbocycles. The summed E-state index contributed by atoms with van der Waals surface area (Å²) in [5, 5.41) is 0.577. The van der Waals surface area contributed by atoms with Gasteiger partial charge >= 0.3 is 0 Å². The number of Topliss-reactive ketones (excluding diaryl/α,β-unsaturated/α-hetero) is 1. The molecule has 0 amide bonds. The molecule has 0 saturated carbocycles. The number of ketones is 1. The summed E-state index contributed by atoms with van der Waals surface area (Å²) in [6.45, 7) is 3.93. The van der Waals surface area contributed by atoms with Crippen LogP contribution in [0.5, 0.6) is 5.75 Å². The number of hydrogen-bond acceptors (Lipinski definition) is 2. The Kier molecular flexibility index (Phi) is 2.70. The van der Waals surface area contributed by atoms with Gasteiger partial charge in [-0.15, -0.1) is 0 Å². The zero-order valence-corrected chi connectivity index (χ0v) is 9.54. The number of carbonyl (C=O) groups is 1. The van der Waals surface area contributed by atoms with Gasteiger partial charge in [0.1, 0.15) is 11.9 Å². The van der Waals surface area contributed by atoms with Crippen LogP contribution >= 0.6 is 11.6 Å². The highest BCUT2D eigenvalue weighted by atomic mass is 35.5. The van der Waals surface area contributed by atoms with Crippen LogP contribution in [0.2, 0.25) is 5.02 Å². The summed E-state index contributed by atoms with van der Waals surface area (Å²) in [5.74, 6) is 0.709. The van der Waals surface area contributed by atoms with Gasteiger partial charge in [0.05, 0.1) is 11.5 Å². The summed E-state index contributed by atoms with van der Waals surface area (Å²) in [4.78, 5) is 12.0. The largest absolute Gasteiger partial charge is 0.489 e. The lowest BCUT2D eigenvalue weighted by Crippen LogP contribution is -2.35. The first-order valence-corrected chi connectivity index (χ1v) is 5.51. The third-order valence-corrected chi connectivity index (χ3v) is 3.09. The number of carbonyl (C=O) groups excluding carboxylic acids is 1. The van der Waals surface area contributed by atoms with Crippen LogP contribution in [0.4, 0.5) is 0 Å². The smallest absolute Gasteiger partial charge is 0.173 e. The zero-order valence-electron chi connectivity index (χ0n) is 8.79. The molecule has 2 unspecified atom stereocenters. The number of fused-ring (bicyclic) bond motifs is 1. The Hall–Kier alpha value is -1.02. The normalized spacial score (nSPS) is 24.6. The molecule has 1 aliphatic heterocycles. The molecule has 3 heteroatoms. The summed E-state index contributed by atoms with van der Waals surface area (Å²) < 4.78 is 5.74. The second-order valence-corrected chi connectivity index (χ2v) is 4.29. The first kappa shape index (κ1) is 10.5. The molecule has 80 valence electrons. The van der Waals surface area contributed by atoms with Gasteiger partial charge in [0.25, 0.3) is 0 Å². The standard InChI is InChI=1S/C12H13ClO2/c1-3-10-7(2)12(14)9-6-8(13)4-5-11(9)15-10/h4-7,10H,3H2,1-2H3. The van der Waals surface area contributed by atoms with Crippen molar-refractivity contribution in [2.75, 3.05) is 0 Å². The number of hydrogen-bond donors (Lipinski definition) is 0. The lowest BCUT2D eigenvalue weighted by Gasteiger charge is -2.29. The molecular formula is C12H13ClO2. The predicted octanol–water partition coefficient (Wildman–Crippen LogP) is 3.33. The molecule has 0 fully saturated rings. The fourth-order valence-corrected chi connectivity index (χ4v) is 2.09. The Balaban J connectivity index is 2.45. The van der Waals surface area contributed by atoms with Crippen LogP contribution in [0.1, 0.15) is 30.6 Å². The molecule has 1 heterocycles. The summed E-state index contributed by atoms with van der Waals surface area (Å²) in [5.41, 5.74) is 0.611. The Morgan fingerprint density at radius 2 is 2.20 bits per heavy atom. The van der Waals surface area contributed by atoms with E-state index in [0.29, 0.717) is 16.3 Å². The van der Waals surface area contributed by atoms with Crippen molar-refractivity contribution in [2.24, 2.45) is 5.92 Å². The average Bonchev–Trinajstić information content (AvgIpc) is 2.24. The molecule has 0 aromatic heterocycles. The molecule has 0 radical (unpaired) electrons. The molecule has 0 N–H and O–H groups in total. The number of ether oxygens (including phenoxy) is 1. The van der Waals surface area contributed by atoms with E-state index in [1.807, 2.05) is 13.8 Å². The molecule has 15 heavy (non-hydrogen) atoms. The Labute approximate surface area is 94.2 Å². The van der Waals surface area contributed by atoms with Crippen molar-refractivity contribution in [3.05, 3.63) is 28.8 Å². The molecule has 2 rings (SSSR count). The van der Waals surface area contributed by atoms with Crippen molar-refractivity contribution in [3.8, 4) is 5.75 Å². The highest BCUT2D eigenvalue weighted by Gasteiger charge is 2.32. The maximum atomic E-state index is 12.0. The van der Waals surface area contributed by atoms with Gasteiger partial charge in [0.15, 0.2) is 5.78 Å². The van der Waals surface area contributed by atoms with E-state index < -0.39 is 0 Å². The Morgan fingerprint density at radius 1 is 1.47 bits per heavy atom. The third-order valence-electron chi connectivity index (χ3n) is 2.86. The Morgan fingerprint density at radius 3 is 2.87 bits per heavy atom. The molecule has 0 spiro atoms. The van der Waals surface area contributed by atoms with Gasteiger partial charge in [-0.2, -0.15) is 0 Å². The van der Waals surface area contributed by atoms with Crippen molar-refractivity contribution in [1.29, 1.82) is 0 Å². The van der Waals surface area contributed by atoms with Crippen LogP contribution < -0.4 is 4.74 Å². The van der Waals surface area contributed by atoms with Gasteiger partial charge in [-0.05, 0) is 24.6 Å². The van der Waals surface area contributed by atoms with E-state index >= 15 is 0 Å². The van der Waals surface area contributed by atoms with Crippen LogP contribution in [-0.2, 0) is 0 Å². The molecule has 0 saturated heterocycles. The average molecular weight is 225 g/mol. The monoisotopic (exact) mass is 224 g/mol. The molecule has 1 aromatic carbocycles. The van der Waals surface area contributed by atoms with Crippen LogP contribution in [0, 0.1) is 5.92 Å². The van der Waals surface area contributed by atoms with Gasteiger partial charge in [-0.3, -0.25) is 4.79 Å². The fraction of sp³-hybridized carbons (Fsp3) is 0.417. The highest BCUT2D eigenvalue weighted by molar-refractivity contribution is 6.31. The van der Waals surface area contributed by atoms with Crippen LogP contribution in [0.3, 0.4) is 0 Å². The maximum absolute atomic E-state index is 12.0. The summed E-state index contributed by atoms with van der Waals surface area (Å²) in [7, 11) is 0. The van der Waals surface area contributed by atoms with E-state index in [9.17, 15) is 4.79 Å². The van der Waals surface area contributed by atoms with Crippen molar-refractivity contribution in [2.45, 2.75) is 26.4 Å². The van der Waals surface area contributed by atoms with Crippen LogP contribution in [-0.4, -0.2) is 11.9 Å². The Bertz CT molecular complexity index is 401. The van der Waals surface area contributed by atoms with E-state index in [4.69, 9.17) is 16.3 Å². The van der Waals surface area contributed by atoms with Crippen molar-refractivity contribution in [3.63, 3.8) is 0 Å². The summed E-state index contributed by atoms with van der Waals surface area (Å²) in [6, 6.07) is 5.20. The molecule has 1 aromatic rings. The number of halogens is 1. The van der Waals surface area contributed by atoms with Crippen molar-refractivity contribution < 1.29 is 9.53 Å². The SMILES string of the molecule is CCC1Oc2ccc(Cl)cc2C(=O)C1C. The van der Waals surface area contributed by atoms with Crippen LogP contribution in [0.15, 0.2) is 18.2 Å². The van der Waals surface area contributed by atoms with Crippen molar-refractivity contribution in [1.82, 2.24) is 0 Å². The molecule has 1 aliphatic rings. The summed E-state index contributed by atoms with van der Waals surface area (Å²) in [6.07, 6.45) is 0.834.